The number of fused-ring (bicyclic) bond motifs is 1. The molecule has 0 unspecified atom stereocenters. The van der Waals surface area contributed by atoms with Crippen molar-refractivity contribution in [1.82, 2.24) is 0 Å². The van der Waals surface area contributed by atoms with E-state index in [1.54, 1.807) is 12.1 Å². The zero-order chi connectivity index (χ0) is 11.9. The maximum Gasteiger partial charge on any atom is 0.201 e. The van der Waals surface area contributed by atoms with Gasteiger partial charge in [0.05, 0.1) is 12.0 Å². The van der Waals surface area contributed by atoms with Crippen LogP contribution in [-0.4, -0.2) is 21.3 Å². The summed E-state index contributed by atoms with van der Waals surface area (Å²) in [6.07, 6.45) is 0. The number of sulfone groups is 1. The van der Waals surface area contributed by atoms with Crippen molar-refractivity contribution in [3.05, 3.63) is 29.2 Å². The van der Waals surface area contributed by atoms with Crippen LogP contribution in [0.2, 0.25) is 0 Å². The summed E-state index contributed by atoms with van der Waals surface area (Å²) in [6.45, 7) is 1.34. The van der Waals surface area contributed by atoms with Crippen molar-refractivity contribution in [3.63, 3.8) is 0 Å². The minimum Gasteiger partial charge on any atom is -0.497 e. The van der Waals surface area contributed by atoms with Gasteiger partial charge in [0.1, 0.15) is 5.75 Å². The number of hydrogen-bond donors (Lipinski definition) is 0. The van der Waals surface area contributed by atoms with E-state index in [4.69, 9.17) is 4.74 Å². The van der Waals surface area contributed by atoms with Crippen LogP contribution in [0.25, 0.3) is 5.57 Å². The summed E-state index contributed by atoms with van der Waals surface area (Å²) < 4.78 is 28.4. The Morgan fingerprint density at radius 2 is 2.00 bits per heavy atom. The highest BCUT2D eigenvalue weighted by Crippen LogP contribution is 2.35. The van der Waals surface area contributed by atoms with Crippen molar-refractivity contribution in [3.8, 4) is 5.75 Å². The van der Waals surface area contributed by atoms with Crippen molar-refractivity contribution < 1.29 is 17.9 Å². The fraction of sp³-hybridized carbons (Fsp3) is 0.182. The summed E-state index contributed by atoms with van der Waals surface area (Å²) in [5, 5.41) is 1.01. The van der Waals surface area contributed by atoms with Crippen LogP contribution in [0.4, 0.5) is 0 Å². The molecule has 1 aromatic rings. The summed E-state index contributed by atoms with van der Waals surface area (Å²) in [4.78, 5) is 11.5. The number of methoxy groups -OCH3 is 1. The molecule has 4 nitrogen and oxygen atoms in total. The van der Waals surface area contributed by atoms with Crippen LogP contribution in [0.1, 0.15) is 12.5 Å². The first-order valence-corrected chi connectivity index (χ1v) is 6.16. The number of rotatable bonds is 2. The fourth-order valence-electron chi connectivity index (χ4n) is 1.65. The van der Waals surface area contributed by atoms with Gasteiger partial charge < -0.3 is 4.74 Å². The predicted molar refractivity (Wildman–Crippen MR) is 58.8 cm³/mol. The largest absolute Gasteiger partial charge is 0.497 e. The normalized spacial score (nSPS) is 16.5. The molecule has 16 heavy (non-hydrogen) atoms. The van der Waals surface area contributed by atoms with Gasteiger partial charge in [-0.05, 0) is 25.1 Å². The average molecular weight is 238 g/mol. The number of ether oxygens (including phenoxy) is 1. The van der Waals surface area contributed by atoms with E-state index < -0.39 is 9.84 Å². The van der Waals surface area contributed by atoms with Gasteiger partial charge in [-0.2, -0.15) is 0 Å². The van der Waals surface area contributed by atoms with Gasteiger partial charge in [0.25, 0.3) is 0 Å². The van der Waals surface area contributed by atoms with E-state index in [1.165, 1.54) is 20.1 Å². The molecule has 84 valence electrons. The van der Waals surface area contributed by atoms with Gasteiger partial charge in [0.2, 0.25) is 9.84 Å². The van der Waals surface area contributed by atoms with E-state index >= 15 is 0 Å². The van der Waals surface area contributed by atoms with Crippen LogP contribution in [0, 0.1) is 0 Å². The lowest BCUT2D eigenvalue weighted by Gasteiger charge is -2.04. The van der Waals surface area contributed by atoms with Crippen LogP contribution in [-0.2, 0) is 14.6 Å². The Kier molecular flexibility index (Phi) is 2.35. The van der Waals surface area contributed by atoms with Gasteiger partial charge in [-0.15, -0.1) is 0 Å². The maximum absolute atomic E-state index is 11.7. The monoisotopic (exact) mass is 238 g/mol. The number of carbonyl (C=O) groups is 1. The molecular formula is C11H10O4S. The molecule has 0 saturated carbocycles. The number of carbonyl (C=O) groups excluding carboxylic acids is 1. The minimum atomic E-state index is -3.46. The van der Waals surface area contributed by atoms with Crippen molar-refractivity contribution in [2.24, 2.45) is 0 Å². The van der Waals surface area contributed by atoms with Crippen molar-refractivity contribution >= 4 is 21.2 Å². The summed E-state index contributed by atoms with van der Waals surface area (Å²) >= 11 is 0. The molecule has 5 heteroatoms. The summed E-state index contributed by atoms with van der Waals surface area (Å²) in [6, 6.07) is 4.58. The third kappa shape index (κ3) is 1.53. The van der Waals surface area contributed by atoms with E-state index in [-0.39, 0.29) is 16.3 Å². The Hall–Kier alpha value is -1.62. The highest BCUT2D eigenvalue weighted by Gasteiger charge is 2.29. The second-order valence-corrected chi connectivity index (χ2v) is 5.26. The van der Waals surface area contributed by atoms with Crippen molar-refractivity contribution in [2.45, 2.75) is 11.8 Å². The van der Waals surface area contributed by atoms with Crippen LogP contribution < -0.4 is 4.74 Å². The molecule has 0 atom stereocenters. The Labute approximate surface area is 93.5 Å². The van der Waals surface area contributed by atoms with E-state index in [0.29, 0.717) is 11.3 Å². The molecule has 0 amide bonds. The molecule has 0 radical (unpaired) electrons. The molecule has 0 spiro atoms. The minimum absolute atomic E-state index is 0.165. The van der Waals surface area contributed by atoms with E-state index in [9.17, 15) is 13.2 Å². The highest BCUT2D eigenvalue weighted by atomic mass is 32.2. The smallest absolute Gasteiger partial charge is 0.201 e. The van der Waals surface area contributed by atoms with Crippen molar-refractivity contribution in [1.29, 1.82) is 0 Å². The molecule has 1 aromatic carbocycles. The number of hydrogen-bond acceptors (Lipinski definition) is 4. The standard InChI is InChI=1S/C11H10O4S/c1-7(12)10-6-16(13,14)11-4-3-8(15-2)5-9(10)11/h3-6H,1-2H3. The molecule has 0 aromatic heterocycles. The first kappa shape index (κ1) is 10.9. The third-order valence-corrected chi connectivity index (χ3v) is 3.95. The second-order valence-electron chi connectivity index (χ2n) is 3.49. The van der Waals surface area contributed by atoms with Crippen molar-refractivity contribution in [2.75, 3.05) is 7.11 Å². The van der Waals surface area contributed by atoms with Crippen LogP contribution in [0.3, 0.4) is 0 Å². The maximum atomic E-state index is 11.7. The Bertz CT molecular complexity index is 596. The Morgan fingerprint density at radius 1 is 1.31 bits per heavy atom. The summed E-state index contributed by atoms with van der Waals surface area (Å²) in [7, 11) is -1.97. The lowest BCUT2D eigenvalue weighted by Crippen LogP contribution is -1.95. The first-order chi connectivity index (χ1) is 7.45. The molecule has 0 N–H and O–H groups in total. The zero-order valence-electron chi connectivity index (χ0n) is 8.85. The Morgan fingerprint density at radius 3 is 2.56 bits per heavy atom. The molecule has 1 aliphatic rings. The topological polar surface area (TPSA) is 60.4 Å². The highest BCUT2D eigenvalue weighted by molar-refractivity contribution is 7.95. The summed E-state index contributed by atoms with van der Waals surface area (Å²) in [5.74, 6) is 0.263. The predicted octanol–water partition coefficient (Wildman–Crippen LogP) is 1.41. The van der Waals surface area contributed by atoms with E-state index in [2.05, 4.69) is 0 Å². The SMILES string of the molecule is COc1ccc2c(c1)C(C(C)=O)=CS2(=O)=O. The summed E-state index contributed by atoms with van der Waals surface area (Å²) in [5.41, 5.74) is 0.640. The zero-order valence-corrected chi connectivity index (χ0v) is 9.67. The molecule has 0 saturated heterocycles. The molecule has 1 aliphatic heterocycles. The number of Topliss-reactive ketones (excluding diaryl/α,β-unsaturated/α-hetero) is 1. The molecule has 0 aliphatic carbocycles. The molecule has 1 heterocycles. The molecule has 0 fully saturated rings. The number of benzene rings is 1. The quantitative estimate of drug-likeness (QED) is 0.781. The number of allylic oxidation sites excluding steroid dienone is 1. The van der Waals surface area contributed by atoms with Gasteiger partial charge in [0.15, 0.2) is 5.78 Å². The average Bonchev–Trinajstić information content (AvgIpc) is 2.50. The molecule has 2 rings (SSSR count). The Balaban J connectivity index is 2.73. The van der Waals surface area contributed by atoms with Gasteiger partial charge in [0, 0.05) is 16.5 Å². The van der Waals surface area contributed by atoms with Crippen LogP contribution >= 0.6 is 0 Å². The third-order valence-electron chi connectivity index (χ3n) is 2.44. The first-order valence-electron chi connectivity index (χ1n) is 4.62. The van der Waals surface area contributed by atoms with E-state index in [1.807, 2.05) is 0 Å². The second kappa shape index (κ2) is 3.45. The van der Waals surface area contributed by atoms with Crippen LogP contribution in [0.5, 0.6) is 5.75 Å². The lowest BCUT2D eigenvalue weighted by atomic mass is 10.0. The van der Waals surface area contributed by atoms with Gasteiger partial charge in [-0.25, -0.2) is 8.42 Å². The van der Waals surface area contributed by atoms with Gasteiger partial charge in [-0.1, -0.05) is 0 Å². The fourth-order valence-corrected chi connectivity index (χ4v) is 3.11. The van der Waals surface area contributed by atoms with Crippen LogP contribution in [0.15, 0.2) is 28.5 Å². The van der Waals surface area contributed by atoms with Gasteiger partial charge in [-0.3, -0.25) is 4.79 Å². The molecule has 0 bridgehead atoms. The lowest BCUT2D eigenvalue weighted by molar-refractivity contribution is -0.111. The van der Waals surface area contributed by atoms with Gasteiger partial charge >= 0.3 is 0 Å². The molecular weight excluding hydrogens is 228 g/mol. The van der Waals surface area contributed by atoms with E-state index in [0.717, 1.165) is 5.41 Å². The number of ketones is 1.